The van der Waals surface area contributed by atoms with Gasteiger partial charge in [-0.05, 0) is 43.4 Å². The Hall–Kier alpha value is -1.52. The van der Waals surface area contributed by atoms with Crippen LogP contribution in [0.4, 0.5) is 18.9 Å². The van der Waals surface area contributed by atoms with E-state index in [9.17, 15) is 18.0 Å². The Morgan fingerprint density at radius 1 is 1.12 bits per heavy atom. The van der Waals surface area contributed by atoms with Gasteiger partial charge in [-0.1, -0.05) is 45.7 Å². The van der Waals surface area contributed by atoms with Gasteiger partial charge in [0.2, 0.25) is 5.91 Å². The third kappa shape index (κ3) is 4.36. The van der Waals surface area contributed by atoms with Crippen molar-refractivity contribution in [3.63, 3.8) is 0 Å². The van der Waals surface area contributed by atoms with Crippen molar-refractivity contribution in [3.8, 4) is 0 Å². The SMILES string of the molecule is CCCC1(CCC)CCN(c2ccc(C[C@H](C)C(F)(F)F)cc2)C1=O. The molecule has 1 amide bonds. The van der Waals surface area contributed by atoms with Gasteiger partial charge in [0, 0.05) is 12.2 Å². The summed E-state index contributed by atoms with van der Waals surface area (Å²) in [6.07, 6.45) is 0.410. The van der Waals surface area contributed by atoms with E-state index in [4.69, 9.17) is 0 Å². The normalized spacial score (nSPS) is 18.6. The lowest BCUT2D eigenvalue weighted by atomic mass is 9.78. The molecule has 1 heterocycles. The zero-order valence-electron chi connectivity index (χ0n) is 15.3. The molecule has 140 valence electrons. The first-order valence-corrected chi connectivity index (χ1v) is 9.21. The van der Waals surface area contributed by atoms with Crippen LogP contribution in [0, 0.1) is 11.3 Å². The van der Waals surface area contributed by atoms with Crippen molar-refractivity contribution in [1.82, 2.24) is 0 Å². The van der Waals surface area contributed by atoms with E-state index < -0.39 is 12.1 Å². The van der Waals surface area contributed by atoms with Crippen molar-refractivity contribution >= 4 is 11.6 Å². The highest BCUT2D eigenvalue weighted by Crippen LogP contribution is 2.42. The lowest BCUT2D eigenvalue weighted by Crippen LogP contribution is -2.34. The van der Waals surface area contributed by atoms with Crippen LogP contribution < -0.4 is 4.90 Å². The van der Waals surface area contributed by atoms with Gasteiger partial charge in [-0.2, -0.15) is 13.2 Å². The van der Waals surface area contributed by atoms with Crippen LogP contribution in [-0.2, 0) is 11.2 Å². The number of hydrogen-bond donors (Lipinski definition) is 0. The standard InChI is InChI=1S/C20H28F3NO/c1-4-10-19(11-5-2)12-13-24(18(19)25)17-8-6-16(7-9-17)14-15(3)20(21,22)23/h6-9,15H,4-5,10-14H2,1-3H3/t15-/m0/s1. The van der Waals surface area contributed by atoms with Crippen LogP contribution in [-0.4, -0.2) is 18.6 Å². The fourth-order valence-corrected chi connectivity index (χ4v) is 3.89. The predicted molar refractivity (Wildman–Crippen MR) is 94.6 cm³/mol. The van der Waals surface area contributed by atoms with Gasteiger partial charge in [0.1, 0.15) is 0 Å². The summed E-state index contributed by atoms with van der Waals surface area (Å²) in [6.45, 7) is 6.09. The van der Waals surface area contributed by atoms with Gasteiger partial charge >= 0.3 is 6.18 Å². The van der Waals surface area contributed by atoms with E-state index >= 15 is 0 Å². The quantitative estimate of drug-likeness (QED) is 0.610. The van der Waals surface area contributed by atoms with Crippen LogP contribution in [0.3, 0.4) is 0 Å². The van der Waals surface area contributed by atoms with Crippen molar-refractivity contribution < 1.29 is 18.0 Å². The Labute approximate surface area is 148 Å². The summed E-state index contributed by atoms with van der Waals surface area (Å²) in [6, 6.07) is 6.99. The van der Waals surface area contributed by atoms with E-state index in [1.165, 1.54) is 6.92 Å². The summed E-state index contributed by atoms with van der Waals surface area (Å²) < 4.78 is 38.1. The van der Waals surface area contributed by atoms with Gasteiger partial charge in [-0.25, -0.2) is 0 Å². The fourth-order valence-electron chi connectivity index (χ4n) is 3.89. The van der Waals surface area contributed by atoms with Crippen LogP contribution in [0.1, 0.15) is 58.4 Å². The van der Waals surface area contributed by atoms with E-state index in [-0.39, 0.29) is 17.7 Å². The molecule has 1 aromatic rings. The molecule has 1 saturated heterocycles. The van der Waals surface area contributed by atoms with Crippen LogP contribution in [0.2, 0.25) is 0 Å². The minimum Gasteiger partial charge on any atom is -0.312 e. The number of carbonyl (C=O) groups excluding carboxylic acids is 1. The van der Waals surface area contributed by atoms with Gasteiger partial charge in [0.15, 0.2) is 0 Å². The Morgan fingerprint density at radius 3 is 2.16 bits per heavy atom. The molecule has 0 saturated carbocycles. The van der Waals surface area contributed by atoms with Crippen LogP contribution in [0.5, 0.6) is 0 Å². The average molecular weight is 355 g/mol. The Balaban J connectivity index is 2.11. The van der Waals surface area contributed by atoms with E-state index in [0.717, 1.165) is 37.8 Å². The minimum atomic E-state index is -4.18. The minimum absolute atomic E-state index is 0.0344. The first-order chi connectivity index (χ1) is 11.7. The number of amides is 1. The highest BCUT2D eigenvalue weighted by atomic mass is 19.4. The van der Waals surface area contributed by atoms with Crippen molar-refractivity contribution in [2.24, 2.45) is 11.3 Å². The smallest absolute Gasteiger partial charge is 0.312 e. The molecule has 1 aliphatic heterocycles. The summed E-state index contributed by atoms with van der Waals surface area (Å²) in [4.78, 5) is 14.8. The van der Waals surface area contributed by atoms with Crippen LogP contribution in [0.15, 0.2) is 24.3 Å². The Kier molecular flexibility index (Phi) is 6.17. The lowest BCUT2D eigenvalue weighted by molar-refractivity contribution is -0.169. The topological polar surface area (TPSA) is 20.3 Å². The summed E-state index contributed by atoms with van der Waals surface area (Å²) in [5.74, 6) is -1.19. The molecule has 2 nitrogen and oxygen atoms in total. The average Bonchev–Trinajstić information content (AvgIpc) is 2.85. The van der Waals surface area contributed by atoms with E-state index in [1.807, 2.05) is 4.90 Å². The zero-order valence-corrected chi connectivity index (χ0v) is 15.3. The summed E-state index contributed by atoms with van der Waals surface area (Å²) >= 11 is 0. The largest absolute Gasteiger partial charge is 0.391 e. The molecular weight excluding hydrogens is 327 g/mol. The molecule has 0 aliphatic carbocycles. The molecule has 25 heavy (non-hydrogen) atoms. The number of anilines is 1. The number of benzene rings is 1. The van der Waals surface area contributed by atoms with Crippen molar-refractivity contribution in [2.45, 2.75) is 65.5 Å². The fraction of sp³-hybridized carbons (Fsp3) is 0.650. The Morgan fingerprint density at radius 2 is 1.68 bits per heavy atom. The molecule has 0 spiro atoms. The maximum absolute atomic E-state index is 13.0. The first-order valence-electron chi connectivity index (χ1n) is 9.21. The number of alkyl halides is 3. The number of halogens is 3. The van der Waals surface area contributed by atoms with Gasteiger partial charge in [-0.15, -0.1) is 0 Å². The molecule has 1 fully saturated rings. The maximum Gasteiger partial charge on any atom is 0.391 e. The van der Waals surface area contributed by atoms with E-state index in [2.05, 4.69) is 13.8 Å². The highest BCUT2D eigenvalue weighted by Gasteiger charge is 2.45. The summed E-state index contributed by atoms with van der Waals surface area (Å²) in [7, 11) is 0. The number of carbonyl (C=O) groups is 1. The molecule has 5 heteroatoms. The monoisotopic (exact) mass is 355 g/mol. The van der Waals surface area contributed by atoms with Gasteiger partial charge in [-0.3, -0.25) is 4.79 Å². The first kappa shape index (κ1) is 19.8. The Bertz CT molecular complexity index is 574. The molecule has 0 radical (unpaired) electrons. The second-order valence-corrected chi connectivity index (χ2v) is 7.30. The molecule has 0 N–H and O–H groups in total. The molecule has 1 aliphatic rings. The molecular formula is C20H28F3NO. The summed E-state index contributed by atoms with van der Waals surface area (Å²) in [5, 5.41) is 0. The summed E-state index contributed by atoms with van der Waals surface area (Å²) in [5.41, 5.74) is 1.18. The molecule has 0 aromatic heterocycles. The number of nitrogens with zero attached hydrogens (tertiary/aromatic N) is 1. The zero-order chi connectivity index (χ0) is 18.7. The van der Waals surface area contributed by atoms with Crippen molar-refractivity contribution in [3.05, 3.63) is 29.8 Å². The van der Waals surface area contributed by atoms with Gasteiger partial charge in [0.05, 0.1) is 11.3 Å². The second kappa shape index (κ2) is 7.79. The molecule has 1 atom stereocenters. The van der Waals surface area contributed by atoms with Crippen LogP contribution in [0.25, 0.3) is 0 Å². The molecule has 2 rings (SSSR count). The predicted octanol–water partition coefficient (Wildman–Crippen LogP) is 5.75. The number of hydrogen-bond acceptors (Lipinski definition) is 1. The second-order valence-electron chi connectivity index (χ2n) is 7.30. The van der Waals surface area contributed by atoms with E-state index in [0.29, 0.717) is 12.1 Å². The van der Waals surface area contributed by atoms with Crippen molar-refractivity contribution in [1.29, 1.82) is 0 Å². The van der Waals surface area contributed by atoms with Crippen LogP contribution >= 0.6 is 0 Å². The third-order valence-electron chi connectivity index (χ3n) is 5.32. The lowest BCUT2D eigenvalue weighted by Gasteiger charge is -2.27. The van der Waals surface area contributed by atoms with E-state index in [1.54, 1.807) is 24.3 Å². The molecule has 1 aromatic carbocycles. The highest BCUT2D eigenvalue weighted by molar-refractivity contribution is 5.99. The van der Waals surface area contributed by atoms with Gasteiger partial charge < -0.3 is 4.90 Å². The molecule has 0 unspecified atom stereocenters. The number of rotatable bonds is 7. The molecule has 0 bridgehead atoms. The van der Waals surface area contributed by atoms with Gasteiger partial charge in [0.25, 0.3) is 0 Å². The maximum atomic E-state index is 13.0. The van der Waals surface area contributed by atoms with Crippen molar-refractivity contribution in [2.75, 3.05) is 11.4 Å². The third-order valence-corrected chi connectivity index (χ3v) is 5.32.